The molecule has 0 bridgehead atoms. The van der Waals surface area contributed by atoms with E-state index in [0.717, 1.165) is 5.39 Å². The minimum absolute atomic E-state index is 0.0207. The molecule has 1 saturated heterocycles. The molecule has 0 unspecified atom stereocenters. The molecule has 3 heterocycles. The third kappa shape index (κ3) is 3.58. The van der Waals surface area contributed by atoms with E-state index in [1.54, 1.807) is 29.7 Å². The van der Waals surface area contributed by atoms with Gasteiger partial charge in [-0.15, -0.1) is 0 Å². The second-order valence-corrected chi connectivity index (χ2v) is 7.82. The second-order valence-electron chi connectivity index (χ2n) is 7.41. The highest BCUT2D eigenvalue weighted by Gasteiger charge is 2.30. The molecule has 0 radical (unpaired) electrons. The van der Waals surface area contributed by atoms with Crippen molar-refractivity contribution in [3.05, 3.63) is 34.7 Å². The molecule has 0 saturated carbocycles. The zero-order valence-electron chi connectivity index (χ0n) is 16.9. The van der Waals surface area contributed by atoms with Crippen LogP contribution < -0.4 is 16.0 Å². The number of amides is 2. The Morgan fingerprint density at radius 1 is 1.33 bits per heavy atom. The highest BCUT2D eigenvalue weighted by molar-refractivity contribution is 6.33. The van der Waals surface area contributed by atoms with E-state index in [4.69, 9.17) is 17.3 Å². The van der Waals surface area contributed by atoms with Crippen molar-refractivity contribution in [2.45, 2.75) is 19.9 Å². The van der Waals surface area contributed by atoms with Gasteiger partial charge in [-0.05, 0) is 31.5 Å². The Bertz CT molecular complexity index is 1130. The summed E-state index contributed by atoms with van der Waals surface area (Å²) in [6, 6.07) is 2.42. The first kappa shape index (κ1) is 20.1. The number of nitrogens with zero attached hydrogens (tertiary/aromatic N) is 6. The number of hydrogen-bond donors (Lipinski definition) is 2. The molecule has 1 aliphatic rings. The maximum Gasteiger partial charge on any atom is 0.322 e. The summed E-state index contributed by atoms with van der Waals surface area (Å²) < 4.78 is 15.3. The Morgan fingerprint density at radius 2 is 2.10 bits per heavy atom. The Morgan fingerprint density at radius 3 is 2.83 bits per heavy atom. The van der Waals surface area contributed by atoms with Crippen molar-refractivity contribution in [1.82, 2.24) is 24.6 Å². The number of carbonyl (C=O) groups excluding carboxylic acids is 1. The van der Waals surface area contributed by atoms with Gasteiger partial charge in [0, 0.05) is 32.7 Å². The average molecular weight is 433 g/mol. The van der Waals surface area contributed by atoms with Crippen LogP contribution in [-0.2, 0) is 7.05 Å². The SMILES string of the molecule is Cc1cc(NC(=O)N2CCN(c3nc(N)nc4c3cnn4C)[C@@H](C)C2)c(Cl)cc1F. The van der Waals surface area contributed by atoms with Gasteiger partial charge < -0.3 is 20.9 Å². The standard InChI is InChI=1S/C19H22ClFN8O/c1-10-6-15(13(20)7-14(10)21)24-19(30)28-4-5-29(11(2)9-28)17-12-8-23-27(3)16(12)25-18(22)26-17/h6-8,11H,4-5,9H2,1-3H3,(H,24,30)(H2,22,25,26)/t11-/m0/s1. The van der Waals surface area contributed by atoms with Gasteiger partial charge in [0.25, 0.3) is 0 Å². The molecule has 1 fully saturated rings. The minimum atomic E-state index is -0.411. The maximum absolute atomic E-state index is 13.6. The van der Waals surface area contributed by atoms with Crippen LogP contribution in [0.25, 0.3) is 11.0 Å². The van der Waals surface area contributed by atoms with Gasteiger partial charge >= 0.3 is 6.03 Å². The molecule has 4 rings (SSSR count). The molecule has 0 spiro atoms. The van der Waals surface area contributed by atoms with E-state index in [9.17, 15) is 9.18 Å². The Kier molecular flexibility index (Phi) is 5.10. The lowest BCUT2D eigenvalue weighted by Crippen LogP contribution is -2.55. The zero-order chi connectivity index (χ0) is 21.6. The van der Waals surface area contributed by atoms with E-state index in [1.165, 1.54) is 12.1 Å². The number of aryl methyl sites for hydroxylation is 2. The number of carbonyl (C=O) groups is 1. The molecule has 1 aliphatic heterocycles. The molecule has 2 aromatic heterocycles. The highest BCUT2D eigenvalue weighted by atomic mass is 35.5. The molecule has 1 aromatic carbocycles. The van der Waals surface area contributed by atoms with Crippen molar-refractivity contribution >= 4 is 46.1 Å². The van der Waals surface area contributed by atoms with E-state index in [0.29, 0.717) is 42.4 Å². The summed E-state index contributed by atoms with van der Waals surface area (Å²) >= 11 is 6.07. The minimum Gasteiger partial charge on any atom is -0.368 e. The molecule has 30 heavy (non-hydrogen) atoms. The lowest BCUT2D eigenvalue weighted by Gasteiger charge is -2.40. The molecule has 1 atom stereocenters. The van der Waals surface area contributed by atoms with E-state index in [2.05, 4.69) is 25.3 Å². The predicted molar refractivity (Wildman–Crippen MR) is 114 cm³/mol. The first-order valence-corrected chi connectivity index (χ1v) is 9.86. The van der Waals surface area contributed by atoms with Gasteiger partial charge in [0.05, 0.1) is 22.3 Å². The van der Waals surface area contributed by atoms with E-state index < -0.39 is 5.82 Å². The lowest BCUT2D eigenvalue weighted by molar-refractivity contribution is 0.200. The summed E-state index contributed by atoms with van der Waals surface area (Å²) in [6.07, 6.45) is 1.72. The van der Waals surface area contributed by atoms with E-state index >= 15 is 0 Å². The van der Waals surface area contributed by atoms with Crippen LogP contribution in [-0.4, -0.2) is 56.4 Å². The fraction of sp³-hybridized carbons (Fsp3) is 0.368. The molecule has 11 heteroatoms. The quantitative estimate of drug-likeness (QED) is 0.645. The Labute approximate surface area is 177 Å². The fourth-order valence-electron chi connectivity index (χ4n) is 3.65. The third-order valence-electron chi connectivity index (χ3n) is 5.27. The van der Waals surface area contributed by atoms with Crippen molar-refractivity contribution in [2.24, 2.45) is 7.05 Å². The van der Waals surface area contributed by atoms with Crippen LogP contribution in [0.15, 0.2) is 18.3 Å². The number of piperazine rings is 1. The number of rotatable bonds is 2. The molecule has 3 aromatic rings. The summed E-state index contributed by atoms with van der Waals surface area (Å²) in [6.45, 7) is 5.13. The van der Waals surface area contributed by atoms with Gasteiger partial charge in [0.2, 0.25) is 5.95 Å². The van der Waals surface area contributed by atoms with Crippen molar-refractivity contribution in [3.8, 4) is 0 Å². The van der Waals surface area contributed by atoms with Crippen LogP contribution in [0.4, 0.5) is 26.6 Å². The van der Waals surface area contributed by atoms with Crippen LogP contribution in [0.3, 0.4) is 0 Å². The zero-order valence-corrected chi connectivity index (χ0v) is 17.6. The van der Waals surface area contributed by atoms with Crippen molar-refractivity contribution in [3.63, 3.8) is 0 Å². The summed E-state index contributed by atoms with van der Waals surface area (Å²) in [5, 5.41) is 7.99. The monoisotopic (exact) mass is 432 g/mol. The van der Waals surface area contributed by atoms with Crippen LogP contribution in [0.1, 0.15) is 12.5 Å². The largest absolute Gasteiger partial charge is 0.368 e. The van der Waals surface area contributed by atoms with E-state index in [1.807, 2.05) is 6.92 Å². The predicted octanol–water partition coefficient (Wildman–Crippen LogP) is 2.79. The van der Waals surface area contributed by atoms with Crippen molar-refractivity contribution in [2.75, 3.05) is 35.6 Å². The number of anilines is 3. The summed E-state index contributed by atoms with van der Waals surface area (Å²) in [7, 11) is 1.80. The number of fused-ring (bicyclic) bond motifs is 1. The normalized spacial score (nSPS) is 16.9. The van der Waals surface area contributed by atoms with Gasteiger partial charge in [-0.3, -0.25) is 4.68 Å². The Balaban J connectivity index is 1.51. The van der Waals surface area contributed by atoms with Crippen LogP contribution in [0.2, 0.25) is 5.02 Å². The Hall–Kier alpha value is -3.14. The lowest BCUT2D eigenvalue weighted by atomic mass is 10.1. The first-order chi connectivity index (χ1) is 14.2. The number of aromatic nitrogens is 4. The fourth-order valence-corrected chi connectivity index (χ4v) is 3.84. The summed E-state index contributed by atoms with van der Waals surface area (Å²) in [4.78, 5) is 25.2. The number of urea groups is 1. The molecular weight excluding hydrogens is 411 g/mol. The van der Waals surface area contributed by atoms with E-state index in [-0.39, 0.29) is 23.0 Å². The highest BCUT2D eigenvalue weighted by Crippen LogP contribution is 2.29. The molecule has 2 amide bonds. The van der Waals surface area contributed by atoms with Gasteiger partial charge in [0.1, 0.15) is 11.6 Å². The second kappa shape index (κ2) is 7.60. The van der Waals surface area contributed by atoms with Gasteiger partial charge in [-0.2, -0.15) is 15.1 Å². The number of nitrogens with two attached hydrogens (primary N) is 1. The van der Waals surface area contributed by atoms with Crippen LogP contribution in [0, 0.1) is 12.7 Å². The van der Waals surface area contributed by atoms with Crippen LogP contribution in [0.5, 0.6) is 0 Å². The maximum atomic E-state index is 13.6. The molecular formula is C19H22ClFN8O. The number of nitrogens with one attached hydrogen (secondary N) is 1. The number of hydrogen-bond acceptors (Lipinski definition) is 6. The molecule has 0 aliphatic carbocycles. The molecule has 3 N–H and O–H groups in total. The van der Waals surface area contributed by atoms with Gasteiger partial charge in [0.15, 0.2) is 5.65 Å². The topological polar surface area (TPSA) is 105 Å². The number of halogens is 2. The number of nitrogen functional groups attached to an aromatic ring is 1. The first-order valence-electron chi connectivity index (χ1n) is 9.48. The molecule has 158 valence electrons. The average Bonchev–Trinajstić information content (AvgIpc) is 3.06. The van der Waals surface area contributed by atoms with Crippen molar-refractivity contribution in [1.29, 1.82) is 0 Å². The third-order valence-corrected chi connectivity index (χ3v) is 5.58. The number of benzene rings is 1. The smallest absolute Gasteiger partial charge is 0.322 e. The summed E-state index contributed by atoms with van der Waals surface area (Å²) in [5.74, 6) is 0.469. The molecule has 9 nitrogen and oxygen atoms in total. The van der Waals surface area contributed by atoms with Crippen LogP contribution >= 0.6 is 11.6 Å². The van der Waals surface area contributed by atoms with Gasteiger partial charge in [-0.1, -0.05) is 11.6 Å². The summed E-state index contributed by atoms with van der Waals surface area (Å²) in [5.41, 5.74) is 7.36. The van der Waals surface area contributed by atoms with Gasteiger partial charge in [-0.25, -0.2) is 9.18 Å². The van der Waals surface area contributed by atoms with Crippen molar-refractivity contribution < 1.29 is 9.18 Å².